The lowest BCUT2D eigenvalue weighted by Gasteiger charge is -2.16. The first kappa shape index (κ1) is 11.8. The van der Waals surface area contributed by atoms with E-state index in [1.165, 1.54) is 0 Å². The van der Waals surface area contributed by atoms with E-state index in [9.17, 15) is 4.79 Å². The van der Waals surface area contributed by atoms with Crippen LogP contribution in [0.5, 0.6) is 5.75 Å². The lowest BCUT2D eigenvalue weighted by molar-refractivity contribution is 0.102. The maximum absolute atomic E-state index is 11.5. The van der Waals surface area contributed by atoms with Crippen molar-refractivity contribution in [2.75, 3.05) is 13.2 Å². The van der Waals surface area contributed by atoms with Crippen LogP contribution in [-0.4, -0.2) is 36.3 Å². The Balaban J connectivity index is 1.84. The number of nitrogens with zero attached hydrogens (tertiary/aromatic N) is 1. The number of carbonyl (C=O) groups excluding carboxylic acids is 1. The maximum Gasteiger partial charge on any atom is 0.410 e. The van der Waals surface area contributed by atoms with Gasteiger partial charge in [-0.1, -0.05) is 18.2 Å². The van der Waals surface area contributed by atoms with Crippen molar-refractivity contribution in [2.24, 2.45) is 0 Å². The van der Waals surface area contributed by atoms with Crippen LogP contribution < -0.4 is 4.74 Å². The molecule has 4 nitrogen and oxygen atoms in total. The SMILES string of the molecule is CC(C)N1C[C@H](COc2ccccc2)OC1=O. The molecule has 0 radical (unpaired) electrons. The highest BCUT2D eigenvalue weighted by molar-refractivity contribution is 5.70. The summed E-state index contributed by atoms with van der Waals surface area (Å²) in [5.41, 5.74) is 0. The average molecular weight is 235 g/mol. The number of cyclic esters (lactones) is 1. The molecular weight excluding hydrogens is 218 g/mol. The molecule has 0 spiro atoms. The first-order valence-corrected chi connectivity index (χ1v) is 5.82. The minimum Gasteiger partial charge on any atom is -0.490 e. The minimum absolute atomic E-state index is 0.171. The highest BCUT2D eigenvalue weighted by atomic mass is 16.6. The van der Waals surface area contributed by atoms with Gasteiger partial charge in [-0.15, -0.1) is 0 Å². The van der Waals surface area contributed by atoms with Crippen LogP contribution in [0.3, 0.4) is 0 Å². The fraction of sp³-hybridized carbons (Fsp3) is 0.462. The van der Waals surface area contributed by atoms with E-state index in [4.69, 9.17) is 9.47 Å². The zero-order valence-electron chi connectivity index (χ0n) is 10.1. The molecule has 0 saturated carbocycles. The summed E-state index contributed by atoms with van der Waals surface area (Å²) < 4.78 is 10.8. The van der Waals surface area contributed by atoms with E-state index in [0.29, 0.717) is 13.2 Å². The Kier molecular flexibility index (Phi) is 3.52. The molecule has 1 aromatic carbocycles. The predicted octanol–water partition coefficient (Wildman–Crippen LogP) is 2.29. The molecule has 1 aliphatic rings. The van der Waals surface area contributed by atoms with Crippen LogP contribution in [0.1, 0.15) is 13.8 Å². The maximum atomic E-state index is 11.5. The van der Waals surface area contributed by atoms with Crippen molar-refractivity contribution < 1.29 is 14.3 Å². The molecule has 0 aliphatic carbocycles. The molecule has 0 bridgehead atoms. The van der Waals surface area contributed by atoms with Crippen molar-refractivity contribution >= 4 is 6.09 Å². The second kappa shape index (κ2) is 5.08. The van der Waals surface area contributed by atoms with E-state index in [1.807, 2.05) is 44.2 Å². The van der Waals surface area contributed by atoms with Crippen LogP contribution in [0.4, 0.5) is 4.79 Å². The van der Waals surface area contributed by atoms with Gasteiger partial charge in [-0.25, -0.2) is 4.79 Å². The Morgan fingerprint density at radius 3 is 2.71 bits per heavy atom. The fourth-order valence-electron chi connectivity index (χ4n) is 1.76. The molecule has 1 heterocycles. The second-order valence-electron chi connectivity index (χ2n) is 4.38. The first-order valence-electron chi connectivity index (χ1n) is 5.82. The lowest BCUT2D eigenvalue weighted by atomic mass is 10.3. The molecule has 17 heavy (non-hydrogen) atoms. The standard InChI is InChI=1S/C13H17NO3/c1-10(2)14-8-12(17-13(14)15)9-16-11-6-4-3-5-7-11/h3-7,10,12H,8-9H2,1-2H3/t12-/m1/s1. The molecule has 92 valence electrons. The largest absolute Gasteiger partial charge is 0.490 e. The van der Waals surface area contributed by atoms with Gasteiger partial charge in [0, 0.05) is 6.04 Å². The van der Waals surface area contributed by atoms with E-state index in [1.54, 1.807) is 4.90 Å². The lowest BCUT2D eigenvalue weighted by Crippen LogP contribution is -2.32. The number of ether oxygens (including phenoxy) is 2. The molecule has 0 N–H and O–H groups in total. The molecule has 4 heteroatoms. The summed E-state index contributed by atoms with van der Waals surface area (Å²) in [5.74, 6) is 0.798. The van der Waals surface area contributed by atoms with Crippen LogP contribution in [-0.2, 0) is 4.74 Å². The van der Waals surface area contributed by atoms with Crippen molar-refractivity contribution in [1.29, 1.82) is 0 Å². The van der Waals surface area contributed by atoms with Crippen molar-refractivity contribution in [3.63, 3.8) is 0 Å². The second-order valence-corrected chi connectivity index (χ2v) is 4.38. The first-order chi connectivity index (χ1) is 8.16. The molecule has 0 aromatic heterocycles. The third-order valence-electron chi connectivity index (χ3n) is 2.70. The molecule has 0 unspecified atom stereocenters. The number of hydrogen-bond donors (Lipinski definition) is 0. The number of rotatable bonds is 4. The zero-order chi connectivity index (χ0) is 12.3. The number of carbonyl (C=O) groups is 1. The summed E-state index contributed by atoms with van der Waals surface area (Å²) in [6.07, 6.45) is -0.424. The molecule has 1 amide bonds. The van der Waals surface area contributed by atoms with Gasteiger partial charge in [0.1, 0.15) is 12.4 Å². The quantitative estimate of drug-likeness (QED) is 0.803. The highest BCUT2D eigenvalue weighted by Crippen LogP contribution is 2.16. The molecule has 1 aliphatic heterocycles. The van der Waals surface area contributed by atoms with Gasteiger partial charge in [0.2, 0.25) is 0 Å². The third-order valence-corrected chi connectivity index (χ3v) is 2.70. The predicted molar refractivity (Wildman–Crippen MR) is 64.0 cm³/mol. The van der Waals surface area contributed by atoms with Gasteiger partial charge in [0.05, 0.1) is 6.54 Å². The van der Waals surface area contributed by atoms with Crippen LogP contribution >= 0.6 is 0 Å². The minimum atomic E-state index is -0.248. The summed E-state index contributed by atoms with van der Waals surface area (Å²) in [4.78, 5) is 13.2. The summed E-state index contributed by atoms with van der Waals surface area (Å²) in [5, 5.41) is 0. The smallest absolute Gasteiger partial charge is 0.410 e. The van der Waals surface area contributed by atoms with Crippen LogP contribution in [0, 0.1) is 0 Å². The number of amides is 1. The molecule has 1 saturated heterocycles. The third kappa shape index (κ3) is 2.90. The molecule has 1 fully saturated rings. The van der Waals surface area contributed by atoms with E-state index in [2.05, 4.69) is 0 Å². The van der Waals surface area contributed by atoms with Gasteiger partial charge in [-0.2, -0.15) is 0 Å². The number of hydrogen-bond acceptors (Lipinski definition) is 3. The summed E-state index contributed by atoms with van der Waals surface area (Å²) in [7, 11) is 0. The Hall–Kier alpha value is -1.71. The molecular formula is C13H17NO3. The van der Waals surface area contributed by atoms with Gasteiger partial charge >= 0.3 is 6.09 Å². The number of para-hydroxylation sites is 1. The summed E-state index contributed by atoms with van der Waals surface area (Å²) in [6, 6.07) is 9.70. The van der Waals surface area contributed by atoms with Crippen molar-refractivity contribution in [1.82, 2.24) is 4.90 Å². The van der Waals surface area contributed by atoms with E-state index in [0.717, 1.165) is 5.75 Å². The van der Waals surface area contributed by atoms with Gasteiger partial charge in [-0.3, -0.25) is 0 Å². The van der Waals surface area contributed by atoms with Gasteiger partial charge in [0.15, 0.2) is 6.10 Å². The Bertz CT molecular complexity index is 378. The molecule has 1 atom stereocenters. The Morgan fingerprint density at radius 1 is 1.41 bits per heavy atom. The Morgan fingerprint density at radius 2 is 2.12 bits per heavy atom. The average Bonchev–Trinajstić information content (AvgIpc) is 2.69. The zero-order valence-corrected chi connectivity index (χ0v) is 10.1. The highest BCUT2D eigenvalue weighted by Gasteiger charge is 2.33. The van der Waals surface area contributed by atoms with E-state index >= 15 is 0 Å². The summed E-state index contributed by atoms with van der Waals surface area (Å²) >= 11 is 0. The molecule has 1 aromatic rings. The Labute approximate surface area is 101 Å². The van der Waals surface area contributed by atoms with Gasteiger partial charge in [-0.05, 0) is 26.0 Å². The van der Waals surface area contributed by atoms with Crippen LogP contribution in [0.2, 0.25) is 0 Å². The van der Waals surface area contributed by atoms with Crippen molar-refractivity contribution in [3.05, 3.63) is 30.3 Å². The monoisotopic (exact) mass is 235 g/mol. The molecule has 2 rings (SSSR count). The van der Waals surface area contributed by atoms with Gasteiger partial charge in [0.25, 0.3) is 0 Å². The number of benzene rings is 1. The fourth-order valence-corrected chi connectivity index (χ4v) is 1.76. The van der Waals surface area contributed by atoms with Crippen LogP contribution in [0.15, 0.2) is 30.3 Å². The van der Waals surface area contributed by atoms with E-state index in [-0.39, 0.29) is 18.2 Å². The topological polar surface area (TPSA) is 38.8 Å². The van der Waals surface area contributed by atoms with E-state index < -0.39 is 0 Å². The van der Waals surface area contributed by atoms with Gasteiger partial charge < -0.3 is 14.4 Å². The van der Waals surface area contributed by atoms with Crippen molar-refractivity contribution in [3.8, 4) is 5.75 Å². The van der Waals surface area contributed by atoms with Crippen molar-refractivity contribution in [2.45, 2.75) is 26.0 Å². The summed E-state index contributed by atoms with van der Waals surface area (Å²) in [6.45, 7) is 4.95. The van der Waals surface area contributed by atoms with Crippen LogP contribution in [0.25, 0.3) is 0 Å². The normalized spacial score (nSPS) is 19.6.